The number of likely N-dealkylation sites (tertiary alicyclic amines) is 1. The van der Waals surface area contributed by atoms with Crippen molar-refractivity contribution in [2.24, 2.45) is 5.92 Å². The van der Waals surface area contributed by atoms with Gasteiger partial charge in [0, 0.05) is 42.8 Å². The minimum absolute atomic E-state index is 0.00102. The Labute approximate surface area is 241 Å². The second-order valence-electron chi connectivity index (χ2n) is 11.0. The highest BCUT2D eigenvalue weighted by Crippen LogP contribution is 2.37. The van der Waals surface area contributed by atoms with E-state index < -0.39 is 17.6 Å². The number of ketones is 1. The number of nitrogens with one attached hydrogen (secondary N) is 2. The maximum atomic E-state index is 14.8. The molecular formula is C31H32F4N4O3. The highest BCUT2D eigenvalue weighted by molar-refractivity contribution is 5.93. The Balaban J connectivity index is 1.20. The lowest BCUT2D eigenvalue weighted by Gasteiger charge is -2.31. The number of amides is 1. The molecule has 1 aliphatic heterocycles. The summed E-state index contributed by atoms with van der Waals surface area (Å²) >= 11 is 0. The molecular weight excluding hydrogens is 552 g/mol. The third-order valence-corrected chi connectivity index (χ3v) is 7.43. The summed E-state index contributed by atoms with van der Waals surface area (Å²) in [6, 6.07) is 11.0. The number of hydrogen-bond acceptors (Lipinski definition) is 6. The van der Waals surface area contributed by atoms with Gasteiger partial charge in [-0.15, -0.1) is 0 Å². The third kappa shape index (κ3) is 7.84. The molecule has 2 fully saturated rings. The molecule has 7 nitrogen and oxygen atoms in total. The molecule has 0 spiro atoms. The summed E-state index contributed by atoms with van der Waals surface area (Å²) in [5.74, 6) is -0.684. The SMILES string of the molecule is CN1CCC(Nc2ccc(CC(=O)Cc3ccc(Oc4ccnc(NC(=O)C5CC5)c4)c(F)c3)cc2C(F)(F)F)CC1. The number of anilines is 2. The summed E-state index contributed by atoms with van der Waals surface area (Å²) in [7, 11) is 1.98. The Hall–Kier alpha value is -3.99. The van der Waals surface area contributed by atoms with Crippen LogP contribution in [0.25, 0.3) is 0 Å². The minimum Gasteiger partial charge on any atom is -0.454 e. The van der Waals surface area contributed by atoms with Gasteiger partial charge in [-0.25, -0.2) is 9.37 Å². The second-order valence-corrected chi connectivity index (χ2v) is 11.0. The number of benzene rings is 2. The molecule has 2 N–H and O–H groups in total. The van der Waals surface area contributed by atoms with E-state index in [4.69, 9.17) is 4.74 Å². The molecule has 3 aromatic rings. The summed E-state index contributed by atoms with van der Waals surface area (Å²) in [6.07, 6.45) is -0.329. The Kier molecular flexibility index (Phi) is 8.77. The number of Topliss-reactive ketones (excluding diaryl/α,β-unsaturated/α-hetero) is 1. The van der Waals surface area contributed by atoms with Gasteiger partial charge < -0.3 is 20.3 Å². The maximum absolute atomic E-state index is 14.8. The number of piperidine rings is 1. The summed E-state index contributed by atoms with van der Waals surface area (Å²) in [4.78, 5) is 30.9. The fourth-order valence-corrected chi connectivity index (χ4v) is 4.93. The van der Waals surface area contributed by atoms with E-state index in [2.05, 4.69) is 20.5 Å². The van der Waals surface area contributed by atoms with Crippen molar-refractivity contribution < 1.29 is 31.9 Å². The van der Waals surface area contributed by atoms with Crippen molar-refractivity contribution in [3.05, 3.63) is 77.2 Å². The lowest BCUT2D eigenvalue weighted by Crippen LogP contribution is -2.37. The first-order valence-electron chi connectivity index (χ1n) is 13.9. The highest BCUT2D eigenvalue weighted by Gasteiger charge is 2.35. The van der Waals surface area contributed by atoms with E-state index in [9.17, 15) is 27.2 Å². The van der Waals surface area contributed by atoms with Crippen LogP contribution in [0.1, 0.15) is 42.4 Å². The fraction of sp³-hybridized carbons (Fsp3) is 0.387. The van der Waals surface area contributed by atoms with Crippen LogP contribution in [0.2, 0.25) is 0 Å². The molecule has 2 aliphatic rings. The molecule has 222 valence electrons. The average Bonchev–Trinajstić information content (AvgIpc) is 3.78. The van der Waals surface area contributed by atoms with Crippen molar-refractivity contribution in [3.8, 4) is 11.5 Å². The number of hydrogen-bond donors (Lipinski definition) is 2. The lowest BCUT2D eigenvalue weighted by atomic mass is 9.99. The van der Waals surface area contributed by atoms with Crippen molar-refractivity contribution in [2.45, 2.75) is 50.7 Å². The third-order valence-electron chi connectivity index (χ3n) is 7.43. The van der Waals surface area contributed by atoms with Crippen LogP contribution in [0.4, 0.5) is 29.1 Å². The normalized spacial score (nSPS) is 16.2. The average molecular weight is 585 g/mol. The topological polar surface area (TPSA) is 83.6 Å². The highest BCUT2D eigenvalue weighted by atomic mass is 19.4. The number of ether oxygens (including phenoxy) is 1. The Morgan fingerprint density at radius 2 is 1.67 bits per heavy atom. The van der Waals surface area contributed by atoms with Gasteiger partial charge in [0.1, 0.15) is 17.4 Å². The first-order chi connectivity index (χ1) is 20.0. The summed E-state index contributed by atoms with van der Waals surface area (Å²) in [5.41, 5.74) is -0.180. The first kappa shape index (κ1) is 29.5. The van der Waals surface area contributed by atoms with Crippen LogP contribution < -0.4 is 15.4 Å². The molecule has 5 rings (SSSR count). The lowest BCUT2D eigenvalue weighted by molar-refractivity contribution is -0.137. The Morgan fingerprint density at radius 3 is 2.33 bits per heavy atom. The number of rotatable bonds is 10. The number of halogens is 4. The van der Waals surface area contributed by atoms with Gasteiger partial charge in [0.2, 0.25) is 5.91 Å². The number of aromatic nitrogens is 1. The van der Waals surface area contributed by atoms with Gasteiger partial charge in [-0.2, -0.15) is 13.2 Å². The molecule has 11 heteroatoms. The zero-order valence-corrected chi connectivity index (χ0v) is 23.1. The van der Waals surface area contributed by atoms with Gasteiger partial charge in [0.05, 0.1) is 5.56 Å². The van der Waals surface area contributed by atoms with Crippen LogP contribution in [-0.2, 0) is 28.6 Å². The fourth-order valence-electron chi connectivity index (χ4n) is 4.93. The standard InChI is InChI=1S/C31H32F4N4O3/c1-39-12-9-22(10-13-39)37-27-6-2-19(16-25(27)31(33,34)35)14-23(40)15-20-3-7-28(26(32)17-20)42-24-8-11-36-29(18-24)38-30(41)21-4-5-21/h2-3,6-8,11,16-18,21-22,37H,4-5,9-10,12-15H2,1H3,(H,36,38,41). The van der Waals surface area contributed by atoms with Crippen LogP contribution in [-0.4, -0.2) is 47.8 Å². The molecule has 1 saturated carbocycles. The number of carbonyl (C=O) groups is 2. The van der Waals surface area contributed by atoms with Gasteiger partial charge >= 0.3 is 6.18 Å². The maximum Gasteiger partial charge on any atom is 0.418 e. The Morgan fingerprint density at radius 1 is 0.976 bits per heavy atom. The quantitative estimate of drug-likeness (QED) is 0.275. The number of alkyl halides is 3. The van der Waals surface area contributed by atoms with Gasteiger partial charge in [-0.3, -0.25) is 9.59 Å². The van der Waals surface area contributed by atoms with Crippen LogP contribution >= 0.6 is 0 Å². The molecule has 0 radical (unpaired) electrons. The molecule has 0 bridgehead atoms. The van der Waals surface area contributed by atoms with Crippen molar-refractivity contribution in [1.82, 2.24) is 9.88 Å². The molecule has 0 unspecified atom stereocenters. The second kappa shape index (κ2) is 12.5. The summed E-state index contributed by atoms with van der Waals surface area (Å²) in [5, 5.41) is 5.74. The van der Waals surface area contributed by atoms with Gasteiger partial charge in [0.25, 0.3) is 0 Å². The van der Waals surface area contributed by atoms with E-state index in [-0.39, 0.29) is 59.2 Å². The van der Waals surface area contributed by atoms with Gasteiger partial charge in [-0.05, 0) is 87.3 Å². The van der Waals surface area contributed by atoms with E-state index in [0.29, 0.717) is 11.4 Å². The van der Waals surface area contributed by atoms with E-state index in [0.717, 1.165) is 44.8 Å². The zero-order valence-electron chi connectivity index (χ0n) is 23.1. The largest absolute Gasteiger partial charge is 0.454 e. The van der Waals surface area contributed by atoms with E-state index in [1.165, 1.54) is 48.7 Å². The van der Waals surface area contributed by atoms with E-state index in [1.54, 1.807) is 0 Å². The van der Waals surface area contributed by atoms with Crippen molar-refractivity contribution in [2.75, 3.05) is 30.8 Å². The molecule has 42 heavy (non-hydrogen) atoms. The van der Waals surface area contributed by atoms with Crippen molar-refractivity contribution in [1.29, 1.82) is 0 Å². The van der Waals surface area contributed by atoms with Crippen molar-refractivity contribution >= 4 is 23.2 Å². The van der Waals surface area contributed by atoms with Crippen LogP contribution in [0.3, 0.4) is 0 Å². The zero-order chi connectivity index (χ0) is 29.9. The summed E-state index contributed by atoms with van der Waals surface area (Å²) in [6.45, 7) is 1.62. The van der Waals surface area contributed by atoms with Crippen LogP contribution in [0.5, 0.6) is 11.5 Å². The van der Waals surface area contributed by atoms with Gasteiger partial charge in [0.15, 0.2) is 11.6 Å². The van der Waals surface area contributed by atoms with Crippen molar-refractivity contribution in [3.63, 3.8) is 0 Å². The minimum atomic E-state index is -4.58. The predicted octanol–water partition coefficient (Wildman–Crippen LogP) is 6.24. The number of pyridine rings is 1. The Bertz CT molecular complexity index is 1450. The molecule has 2 aromatic carbocycles. The number of nitrogens with zero attached hydrogens (tertiary/aromatic N) is 2. The smallest absolute Gasteiger partial charge is 0.418 e. The summed E-state index contributed by atoms with van der Waals surface area (Å²) < 4.78 is 62.0. The predicted molar refractivity (Wildman–Crippen MR) is 150 cm³/mol. The van der Waals surface area contributed by atoms with E-state index >= 15 is 0 Å². The molecule has 0 atom stereocenters. The van der Waals surface area contributed by atoms with Crippen LogP contribution in [0, 0.1) is 11.7 Å². The molecule has 1 aromatic heterocycles. The van der Waals surface area contributed by atoms with E-state index in [1.807, 2.05) is 7.05 Å². The monoisotopic (exact) mass is 584 g/mol. The first-order valence-corrected chi connectivity index (χ1v) is 13.9. The molecule has 2 heterocycles. The number of carbonyl (C=O) groups excluding carboxylic acids is 2. The molecule has 1 amide bonds. The molecule has 1 aliphatic carbocycles. The van der Waals surface area contributed by atoms with Gasteiger partial charge in [-0.1, -0.05) is 12.1 Å². The molecule has 1 saturated heterocycles. The van der Waals surface area contributed by atoms with Crippen LogP contribution in [0.15, 0.2) is 54.7 Å².